The Hall–Kier alpha value is -2.59. The molecule has 0 aliphatic carbocycles. The number of halogens is 1. The quantitative estimate of drug-likeness (QED) is 0.459. The second kappa shape index (κ2) is 9.04. The zero-order chi connectivity index (χ0) is 18.2. The molecule has 0 saturated heterocycles. The van der Waals surface area contributed by atoms with E-state index < -0.39 is 0 Å². The van der Waals surface area contributed by atoms with E-state index in [1.807, 2.05) is 26.0 Å². The molecule has 2 aromatic rings. The van der Waals surface area contributed by atoms with Crippen LogP contribution in [-0.2, 0) is 11.2 Å². The number of aryl methyl sites for hydroxylation is 2. The molecule has 4 nitrogen and oxygen atoms in total. The van der Waals surface area contributed by atoms with Gasteiger partial charge in [0.25, 0.3) is 0 Å². The average Bonchev–Trinajstić information content (AvgIpc) is 2.57. The molecule has 25 heavy (non-hydrogen) atoms. The average molecular weight is 357 g/mol. The van der Waals surface area contributed by atoms with Gasteiger partial charge in [-0.15, -0.1) is 0 Å². The fraction of sp³-hybridized carbons (Fsp3) is 0.200. The van der Waals surface area contributed by atoms with Crippen molar-refractivity contribution in [2.45, 2.75) is 20.3 Å². The number of ether oxygens (including phenoxy) is 1. The van der Waals surface area contributed by atoms with Gasteiger partial charge in [0.05, 0.1) is 12.6 Å². The molecule has 0 aliphatic rings. The summed E-state index contributed by atoms with van der Waals surface area (Å²) < 4.78 is 5.54. The summed E-state index contributed by atoms with van der Waals surface area (Å²) in [5.74, 6) is 0.440. The van der Waals surface area contributed by atoms with Crippen molar-refractivity contribution < 1.29 is 9.53 Å². The number of hydrogen-bond acceptors (Lipinski definition) is 3. The first-order valence-electron chi connectivity index (χ1n) is 7.91. The summed E-state index contributed by atoms with van der Waals surface area (Å²) in [7, 11) is 0. The van der Waals surface area contributed by atoms with Crippen molar-refractivity contribution in [1.82, 2.24) is 5.43 Å². The van der Waals surface area contributed by atoms with E-state index >= 15 is 0 Å². The molecule has 0 bridgehead atoms. The van der Waals surface area contributed by atoms with Crippen LogP contribution in [0, 0.1) is 13.8 Å². The molecular weight excluding hydrogens is 336 g/mol. The molecule has 0 spiro atoms. The van der Waals surface area contributed by atoms with Crippen LogP contribution in [0.2, 0.25) is 5.02 Å². The summed E-state index contributed by atoms with van der Waals surface area (Å²) >= 11 is 6.01. The van der Waals surface area contributed by atoms with Gasteiger partial charge in [-0.2, -0.15) is 5.10 Å². The van der Waals surface area contributed by atoms with Gasteiger partial charge in [0.2, 0.25) is 5.91 Å². The maximum atomic E-state index is 12.1. The molecule has 1 N–H and O–H groups in total. The first-order valence-corrected chi connectivity index (χ1v) is 8.28. The Bertz CT molecular complexity index is 800. The van der Waals surface area contributed by atoms with Crippen molar-refractivity contribution in [1.29, 1.82) is 0 Å². The van der Waals surface area contributed by atoms with Crippen molar-refractivity contribution in [3.05, 3.63) is 76.3 Å². The van der Waals surface area contributed by atoms with E-state index in [4.69, 9.17) is 16.3 Å². The smallest absolute Gasteiger partial charge is 0.244 e. The number of hydrogen-bond donors (Lipinski definition) is 1. The number of rotatable bonds is 7. The normalized spacial score (nSPS) is 10.7. The molecular formula is C20H21ClN2O2. The lowest BCUT2D eigenvalue weighted by Gasteiger charge is -2.08. The highest BCUT2D eigenvalue weighted by Gasteiger charge is 2.06. The van der Waals surface area contributed by atoms with Crippen LogP contribution in [-0.4, -0.2) is 18.7 Å². The van der Waals surface area contributed by atoms with Gasteiger partial charge in [0.15, 0.2) is 0 Å². The van der Waals surface area contributed by atoms with Crippen molar-refractivity contribution >= 4 is 23.7 Å². The first-order chi connectivity index (χ1) is 12.0. The molecule has 2 aromatic carbocycles. The number of carbonyl (C=O) groups excluding carboxylic acids is 1. The summed E-state index contributed by atoms with van der Waals surface area (Å²) in [5, 5.41) is 4.57. The number of nitrogens with zero attached hydrogens (tertiary/aromatic N) is 1. The monoisotopic (exact) mass is 356 g/mol. The van der Waals surface area contributed by atoms with Crippen LogP contribution < -0.4 is 10.2 Å². The third-order valence-corrected chi connectivity index (χ3v) is 3.81. The zero-order valence-electron chi connectivity index (χ0n) is 14.4. The molecule has 0 fully saturated rings. The third kappa shape index (κ3) is 5.76. The largest absolute Gasteiger partial charge is 0.489 e. The van der Waals surface area contributed by atoms with Crippen molar-refractivity contribution in [2.75, 3.05) is 6.61 Å². The molecule has 2 rings (SSSR count). The Morgan fingerprint density at radius 1 is 1.28 bits per heavy atom. The SMILES string of the molecule is C=CCOc1ccc(Cl)cc1/C=N/NC(=O)Cc1ccc(C)cc1C. The van der Waals surface area contributed by atoms with Crippen LogP contribution >= 0.6 is 11.6 Å². The fourth-order valence-corrected chi connectivity index (χ4v) is 2.51. The maximum absolute atomic E-state index is 12.1. The highest BCUT2D eigenvalue weighted by molar-refractivity contribution is 6.30. The first kappa shape index (κ1) is 18.7. The van der Waals surface area contributed by atoms with E-state index in [2.05, 4.69) is 23.2 Å². The molecule has 5 heteroatoms. The highest BCUT2D eigenvalue weighted by atomic mass is 35.5. The molecule has 130 valence electrons. The van der Waals surface area contributed by atoms with Gasteiger partial charge in [-0.3, -0.25) is 4.79 Å². The Kier molecular flexibility index (Phi) is 6.78. The topological polar surface area (TPSA) is 50.7 Å². The zero-order valence-corrected chi connectivity index (χ0v) is 15.1. The van der Waals surface area contributed by atoms with E-state index in [0.29, 0.717) is 22.9 Å². The second-order valence-corrected chi connectivity index (χ2v) is 6.12. The van der Waals surface area contributed by atoms with Gasteiger partial charge < -0.3 is 4.74 Å². The van der Waals surface area contributed by atoms with E-state index in [1.54, 1.807) is 24.3 Å². The molecule has 0 unspecified atom stereocenters. The molecule has 0 aromatic heterocycles. The van der Waals surface area contributed by atoms with Gasteiger partial charge in [0, 0.05) is 10.6 Å². The van der Waals surface area contributed by atoms with Crippen LogP contribution in [0.3, 0.4) is 0 Å². The predicted octanol–water partition coefficient (Wildman–Crippen LogP) is 4.21. The lowest BCUT2D eigenvalue weighted by atomic mass is 10.0. The van der Waals surface area contributed by atoms with Crippen LogP contribution in [0.25, 0.3) is 0 Å². The number of nitrogens with one attached hydrogen (secondary N) is 1. The van der Waals surface area contributed by atoms with Gasteiger partial charge in [-0.1, -0.05) is 48.0 Å². The van der Waals surface area contributed by atoms with Crippen molar-refractivity contribution in [3.63, 3.8) is 0 Å². The molecule has 0 radical (unpaired) electrons. The Balaban J connectivity index is 2.01. The fourth-order valence-electron chi connectivity index (χ4n) is 2.33. The Morgan fingerprint density at radius 2 is 2.08 bits per heavy atom. The number of amides is 1. The maximum Gasteiger partial charge on any atom is 0.244 e. The summed E-state index contributed by atoms with van der Waals surface area (Å²) in [6, 6.07) is 11.2. The van der Waals surface area contributed by atoms with Crippen LogP contribution in [0.4, 0.5) is 0 Å². The van der Waals surface area contributed by atoms with Gasteiger partial charge in [-0.25, -0.2) is 5.43 Å². The minimum absolute atomic E-state index is 0.182. The van der Waals surface area contributed by atoms with Gasteiger partial charge in [0.1, 0.15) is 12.4 Å². The summed E-state index contributed by atoms with van der Waals surface area (Å²) in [4.78, 5) is 12.1. The number of carbonyl (C=O) groups is 1. The molecule has 0 aliphatic heterocycles. The number of hydrazone groups is 1. The van der Waals surface area contributed by atoms with Crippen LogP contribution in [0.5, 0.6) is 5.75 Å². The van der Waals surface area contributed by atoms with Crippen LogP contribution in [0.15, 0.2) is 54.2 Å². The minimum Gasteiger partial charge on any atom is -0.489 e. The summed E-state index contributed by atoms with van der Waals surface area (Å²) in [6.45, 7) is 8.02. The van der Waals surface area contributed by atoms with E-state index in [9.17, 15) is 4.79 Å². The van der Waals surface area contributed by atoms with E-state index in [-0.39, 0.29) is 12.3 Å². The lowest BCUT2D eigenvalue weighted by molar-refractivity contribution is -0.120. The molecule has 0 heterocycles. The second-order valence-electron chi connectivity index (χ2n) is 5.68. The lowest BCUT2D eigenvalue weighted by Crippen LogP contribution is -2.20. The molecule has 0 saturated carbocycles. The standard InChI is InChI=1S/C20H21ClN2O2/c1-4-9-25-19-8-7-18(21)11-17(19)13-22-23-20(24)12-16-6-5-14(2)10-15(16)3/h4-8,10-11,13H,1,9,12H2,2-3H3,(H,23,24)/b22-13+. The molecule has 1 amide bonds. The molecule has 0 atom stereocenters. The van der Waals surface area contributed by atoms with E-state index in [0.717, 1.165) is 11.1 Å². The predicted molar refractivity (Wildman–Crippen MR) is 103 cm³/mol. The third-order valence-electron chi connectivity index (χ3n) is 3.57. The number of benzene rings is 2. The summed E-state index contributed by atoms with van der Waals surface area (Å²) in [5.41, 5.74) is 6.47. The van der Waals surface area contributed by atoms with Gasteiger partial charge >= 0.3 is 0 Å². The van der Waals surface area contributed by atoms with Crippen LogP contribution in [0.1, 0.15) is 22.3 Å². The highest BCUT2D eigenvalue weighted by Crippen LogP contribution is 2.21. The van der Waals surface area contributed by atoms with Crippen molar-refractivity contribution in [3.8, 4) is 5.75 Å². The Morgan fingerprint density at radius 3 is 2.80 bits per heavy atom. The van der Waals surface area contributed by atoms with Gasteiger partial charge in [-0.05, 0) is 43.2 Å². The summed E-state index contributed by atoms with van der Waals surface area (Å²) in [6.07, 6.45) is 3.45. The Labute approximate surface area is 153 Å². The minimum atomic E-state index is -0.182. The van der Waals surface area contributed by atoms with E-state index in [1.165, 1.54) is 11.8 Å². The van der Waals surface area contributed by atoms with Crippen molar-refractivity contribution in [2.24, 2.45) is 5.10 Å².